The summed E-state index contributed by atoms with van der Waals surface area (Å²) >= 11 is 5.24. The van der Waals surface area contributed by atoms with E-state index in [0.717, 1.165) is 63.5 Å². The minimum Gasteiger partial charge on any atom is -0.493 e. The average Bonchev–Trinajstić information content (AvgIpc) is 2.70. The van der Waals surface area contributed by atoms with Gasteiger partial charge in [0.2, 0.25) is 0 Å². The van der Waals surface area contributed by atoms with Gasteiger partial charge < -0.3 is 19.5 Å². The highest BCUT2D eigenvalue weighted by atomic mass is 32.1. The van der Waals surface area contributed by atoms with Crippen molar-refractivity contribution in [3.63, 3.8) is 0 Å². The molecule has 0 radical (unpaired) electrons. The molecule has 27 heavy (non-hydrogen) atoms. The summed E-state index contributed by atoms with van der Waals surface area (Å²) < 4.78 is 16.5. The summed E-state index contributed by atoms with van der Waals surface area (Å²) in [5.74, 6) is 1.44. The number of rotatable bonds is 10. The summed E-state index contributed by atoms with van der Waals surface area (Å²) in [6.45, 7) is 8.09. The zero-order valence-corrected chi connectivity index (χ0v) is 17.0. The average molecular weight is 395 g/mol. The second-order valence-corrected chi connectivity index (χ2v) is 6.60. The molecule has 1 aliphatic rings. The second kappa shape index (κ2) is 12.5. The summed E-state index contributed by atoms with van der Waals surface area (Å²) in [5, 5.41) is 7.84. The van der Waals surface area contributed by atoms with E-state index in [2.05, 4.69) is 27.7 Å². The lowest BCUT2D eigenvalue weighted by atomic mass is 10.2. The van der Waals surface area contributed by atoms with Crippen LogP contribution in [0.5, 0.6) is 11.5 Å². The fourth-order valence-corrected chi connectivity index (χ4v) is 2.72. The zero-order chi connectivity index (χ0) is 19.3. The van der Waals surface area contributed by atoms with E-state index in [4.69, 9.17) is 26.4 Å². The molecule has 2 rings (SSSR count). The predicted molar refractivity (Wildman–Crippen MR) is 112 cm³/mol. The molecule has 1 aromatic carbocycles. The van der Waals surface area contributed by atoms with E-state index in [0.29, 0.717) is 17.5 Å². The maximum Gasteiger partial charge on any atom is 0.187 e. The molecule has 0 aromatic heterocycles. The molecule has 8 heteroatoms. The van der Waals surface area contributed by atoms with Gasteiger partial charge in [-0.3, -0.25) is 10.3 Å². The standard InChI is InChI=1S/C19H30N4O3S/c1-3-4-11-26-17-6-5-16(14-18(17)24-2)15-21-22-19(27)20-7-8-23-9-12-25-13-10-23/h5-6,14-15H,3-4,7-13H2,1-2H3,(H2,20,22,27)/b21-15-. The van der Waals surface area contributed by atoms with Crippen LogP contribution in [-0.4, -0.2) is 69.3 Å². The van der Waals surface area contributed by atoms with Crippen LogP contribution in [0.1, 0.15) is 25.3 Å². The number of thiocarbonyl (C=S) groups is 1. The van der Waals surface area contributed by atoms with Gasteiger partial charge in [0, 0.05) is 26.2 Å². The van der Waals surface area contributed by atoms with Gasteiger partial charge in [-0.25, -0.2) is 0 Å². The van der Waals surface area contributed by atoms with Crippen molar-refractivity contribution in [1.82, 2.24) is 15.6 Å². The van der Waals surface area contributed by atoms with Crippen molar-refractivity contribution in [1.29, 1.82) is 0 Å². The minimum atomic E-state index is 0.506. The smallest absolute Gasteiger partial charge is 0.187 e. The molecule has 0 atom stereocenters. The molecule has 0 bridgehead atoms. The first-order valence-electron chi connectivity index (χ1n) is 9.40. The molecule has 0 unspecified atom stereocenters. The molecule has 0 spiro atoms. The zero-order valence-electron chi connectivity index (χ0n) is 16.2. The first-order valence-corrected chi connectivity index (χ1v) is 9.81. The number of methoxy groups -OCH3 is 1. The number of hydrogen-bond acceptors (Lipinski definition) is 6. The van der Waals surface area contributed by atoms with Gasteiger partial charge in [0.1, 0.15) is 0 Å². The van der Waals surface area contributed by atoms with Crippen LogP contribution in [-0.2, 0) is 4.74 Å². The van der Waals surface area contributed by atoms with Crippen LogP contribution in [0.4, 0.5) is 0 Å². The number of morpholine rings is 1. The van der Waals surface area contributed by atoms with Crippen molar-refractivity contribution in [2.75, 3.05) is 53.1 Å². The number of ether oxygens (including phenoxy) is 3. The van der Waals surface area contributed by atoms with Crippen molar-refractivity contribution in [3.8, 4) is 11.5 Å². The third-order valence-corrected chi connectivity index (χ3v) is 4.38. The van der Waals surface area contributed by atoms with Gasteiger partial charge >= 0.3 is 0 Å². The Labute approximate surface area is 167 Å². The number of benzene rings is 1. The van der Waals surface area contributed by atoms with Gasteiger partial charge in [-0.1, -0.05) is 13.3 Å². The summed E-state index contributed by atoms with van der Waals surface area (Å²) in [4.78, 5) is 2.35. The molecule has 0 aliphatic carbocycles. The fraction of sp³-hybridized carbons (Fsp3) is 0.579. The normalized spacial score (nSPS) is 14.9. The summed E-state index contributed by atoms with van der Waals surface area (Å²) in [6, 6.07) is 5.72. The Bertz CT molecular complexity index is 607. The van der Waals surface area contributed by atoms with Crippen molar-refractivity contribution in [2.24, 2.45) is 5.10 Å². The van der Waals surface area contributed by atoms with Crippen LogP contribution in [0.15, 0.2) is 23.3 Å². The quantitative estimate of drug-likeness (QED) is 0.272. The Hall–Kier alpha value is -1.90. The molecule has 7 nitrogen and oxygen atoms in total. The Kier molecular flexibility index (Phi) is 9.89. The van der Waals surface area contributed by atoms with Gasteiger partial charge in [0.15, 0.2) is 16.6 Å². The van der Waals surface area contributed by atoms with Gasteiger partial charge in [-0.2, -0.15) is 5.10 Å². The van der Waals surface area contributed by atoms with E-state index in [-0.39, 0.29) is 0 Å². The molecule has 1 saturated heterocycles. The number of hydrogen-bond donors (Lipinski definition) is 2. The van der Waals surface area contributed by atoms with E-state index < -0.39 is 0 Å². The van der Waals surface area contributed by atoms with Crippen LogP contribution in [0.25, 0.3) is 0 Å². The molecule has 1 heterocycles. The SMILES string of the molecule is CCCCOc1ccc(/C=N\NC(=S)NCCN2CCOCC2)cc1OC. The van der Waals surface area contributed by atoms with Crippen LogP contribution < -0.4 is 20.2 Å². The molecule has 1 aromatic rings. The Morgan fingerprint density at radius 2 is 2.15 bits per heavy atom. The Balaban J connectivity index is 1.73. The van der Waals surface area contributed by atoms with Crippen LogP contribution >= 0.6 is 12.2 Å². The fourth-order valence-electron chi connectivity index (χ4n) is 2.57. The molecular weight excluding hydrogens is 364 g/mol. The molecule has 150 valence electrons. The van der Waals surface area contributed by atoms with Crippen molar-refractivity contribution >= 4 is 23.5 Å². The molecule has 2 N–H and O–H groups in total. The molecule has 0 saturated carbocycles. The Morgan fingerprint density at radius 1 is 1.33 bits per heavy atom. The maximum absolute atomic E-state index is 5.73. The van der Waals surface area contributed by atoms with Gasteiger partial charge in [0.05, 0.1) is 33.1 Å². The van der Waals surface area contributed by atoms with Crippen LogP contribution in [0.3, 0.4) is 0 Å². The number of hydrazone groups is 1. The topological polar surface area (TPSA) is 67.4 Å². The lowest BCUT2D eigenvalue weighted by Crippen LogP contribution is -2.42. The van der Waals surface area contributed by atoms with Crippen LogP contribution in [0, 0.1) is 0 Å². The van der Waals surface area contributed by atoms with E-state index >= 15 is 0 Å². The van der Waals surface area contributed by atoms with Gasteiger partial charge in [-0.15, -0.1) is 0 Å². The van der Waals surface area contributed by atoms with Crippen LogP contribution in [0.2, 0.25) is 0 Å². The van der Waals surface area contributed by atoms with E-state index in [1.165, 1.54) is 0 Å². The second-order valence-electron chi connectivity index (χ2n) is 6.19. The minimum absolute atomic E-state index is 0.506. The Morgan fingerprint density at radius 3 is 2.89 bits per heavy atom. The van der Waals surface area contributed by atoms with E-state index in [1.807, 2.05) is 18.2 Å². The largest absolute Gasteiger partial charge is 0.493 e. The van der Waals surface area contributed by atoms with Gasteiger partial charge in [0.25, 0.3) is 0 Å². The van der Waals surface area contributed by atoms with E-state index in [1.54, 1.807) is 13.3 Å². The number of unbranched alkanes of at least 4 members (excludes halogenated alkanes) is 1. The highest BCUT2D eigenvalue weighted by Gasteiger charge is 2.09. The van der Waals surface area contributed by atoms with Crippen molar-refractivity contribution in [2.45, 2.75) is 19.8 Å². The van der Waals surface area contributed by atoms with E-state index in [9.17, 15) is 0 Å². The summed E-state index contributed by atoms with van der Waals surface area (Å²) in [6.07, 6.45) is 3.82. The van der Waals surface area contributed by atoms with Crippen molar-refractivity contribution < 1.29 is 14.2 Å². The number of nitrogens with zero attached hydrogens (tertiary/aromatic N) is 2. The highest BCUT2D eigenvalue weighted by Crippen LogP contribution is 2.27. The number of nitrogens with one attached hydrogen (secondary N) is 2. The lowest BCUT2D eigenvalue weighted by Gasteiger charge is -2.26. The summed E-state index contributed by atoms with van der Waals surface area (Å²) in [7, 11) is 1.63. The maximum atomic E-state index is 5.73. The molecule has 0 amide bonds. The molecular formula is C19H30N4O3S. The highest BCUT2D eigenvalue weighted by molar-refractivity contribution is 7.80. The predicted octanol–water partition coefficient (Wildman–Crippen LogP) is 2.00. The molecule has 1 fully saturated rings. The first kappa shape index (κ1) is 21.4. The third kappa shape index (κ3) is 8.11. The first-order chi connectivity index (χ1) is 13.2. The monoisotopic (exact) mass is 394 g/mol. The third-order valence-electron chi connectivity index (χ3n) is 4.14. The lowest BCUT2D eigenvalue weighted by molar-refractivity contribution is 0.0389. The van der Waals surface area contributed by atoms with Crippen molar-refractivity contribution in [3.05, 3.63) is 23.8 Å². The molecule has 1 aliphatic heterocycles. The van der Waals surface area contributed by atoms with Gasteiger partial charge in [-0.05, 0) is 42.4 Å². The summed E-state index contributed by atoms with van der Waals surface area (Å²) in [5.41, 5.74) is 3.74.